The molecule has 4 nitrogen and oxygen atoms in total. The Balaban J connectivity index is 4.48. The second-order valence-electron chi connectivity index (χ2n) is 1.70. The Morgan fingerprint density at radius 1 is 1.36 bits per heavy atom. The molecular weight excluding hydrogens is 161 g/mol. The van der Waals surface area contributed by atoms with Crippen molar-refractivity contribution in [1.29, 1.82) is 0 Å². The minimum atomic E-state index is -3.07. The Hall–Kier alpha value is -0.990. The van der Waals surface area contributed by atoms with Crippen molar-refractivity contribution >= 4 is 7.59 Å². The highest BCUT2D eigenvalue weighted by Gasteiger charge is 2.17. The highest BCUT2D eigenvalue weighted by atomic mass is 31.2. The third kappa shape index (κ3) is 2.62. The van der Waals surface area contributed by atoms with Gasteiger partial charge in [-0.15, -0.1) is 0 Å². The summed E-state index contributed by atoms with van der Waals surface area (Å²) in [7, 11) is -3.07. The van der Waals surface area contributed by atoms with Crippen LogP contribution in [-0.2, 0) is 4.57 Å². The lowest BCUT2D eigenvalue weighted by atomic mass is 10.9. The van der Waals surface area contributed by atoms with Gasteiger partial charge in [0, 0.05) is 12.4 Å². The van der Waals surface area contributed by atoms with Crippen molar-refractivity contribution in [3.8, 4) is 0 Å². The maximum Gasteiger partial charge on any atom is 0.330 e. The molecule has 0 radical (unpaired) electrons. The number of nitrogens with one attached hydrogen (secondary N) is 1. The van der Waals surface area contributed by atoms with E-state index in [4.69, 9.17) is 5.50 Å². The summed E-state index contributed by atoms with van der Waals surface area (Å²) in [5.41, 5.74) is 5.35. The lowest BCUT2D eigenvalue weighted by Gasteiger charge is -2.22. The molecule has 0 aromatic carbocycles. The van der Waals surface area contributed by atoms with Gasteiger partial charge in [-0.1, -0.05) is 19.7 Å². The van der Waals surface area contributed by atoms with Crippen molar-refractivity contribution < 1.29 is 4.57 Å². The fourth-order valence-electron chi connectivity index (χ4n) is 0.515. The Labute approximate surface area is 66.6 Å². The zero-order valence-corrected chi connectivity index (χ0v) is 7.13. The maximum absolute atomic E-state index is 11.4. The summed E-state index contributed by atoms with van der Waals surface area (Å²) < 4.78 is 12.6. The molecule has 0 aliphatic carbocycles. The lowest BCUT2D eigenvalue weighted by Crippen LogP contribution is -2.21. The van der Waals surface area contributed by atoms with E-state index in [1.165, 1.54) is 23.3 Å². The number of nitrogens with two attached hydrogens (primary N) is 1. The van der Waals surface area contributed by atoms with Gasteiger partial charge in [0.1, 0.15) is 0 Å². The number of hydrogen-bond donors (Lipinski definition) is 2. The zero-order valence-electron chi connectivity index (χ0n) is 6.23. The molecule has 1 atom stereocenters. The largest absolute Gasteiger partial charge is 0.330 e. The monoisotopic (exact) mass is 173 g/mol. The summed E-state index contributed by atoms with van der Waals surface area (Å²) in [6.45, 7) is 10.2. The third-order valence-corrected chi connectivity index (χ3v) is 2.56. The van der Waals surface area contributed by atoms with E-state index < -0.39 is 7.59 Å². The molecule has 0 amide bonds. The molecule has 11 heavy (non-hydrogen) atoms. The predicted molar refractivity (Wildman–Crippen MR) is 47.4 cm³/mol. The molecule has 0 aliphatic heterocycles. The van der Waals surface area contributed by atoms with Crippen molar-refractivity contribution in [2.75, 3.05) is 0 Å². The van der Waals surface area contributed by atoms with E-state index in [1.54, 1.807) is 0 Å². The maximum atomic E-state index is 11.4. The quantitative estimate of drug-likeness (QED) is 0.616. The molecule has 0 aliphatic rings. The summed E-state index contributed by atoms with van der Waals surface area (Å²) in [5, 5.41) is 2.40. The van der Waals surface area contributed by atoms with Crippen LogP contribution in [0, 0.1) is 0 Å². The molecule has 0 aromatic heterocycles. The van der Waals surface area contributed by atoms with E-state index in [2.05, 4.69) is 24.8 Å². The fraction of sp³-hybridized carbons (Fsp3) is 0. The van der Waals surface area contributed by atoms with Crippen LogP contribution in [0.5, 0.6) is 0 Å². The standard InChI is InChI=1S/C6H12N3OP/c1-4-8-11(7,10)9(5-2)6-3/h4-6H,1-3H2,(H3,7,8,10). The van der Waals surface area contributed by atoms with Gasteiger partial charge in [0.15, 0.2) is 0 Å². The van der Waals surface area contributed by atoms with E-state index in [9.17, 15) is 4.57 Å². The topological polar surface area (TPSA) is 58.4 Å². The van der Waals surface area contributed by atoms with Crippen LogP contribution in [0.1, 0.15) is 0 Å². The summed E-state index contributed by atoms with van der Waals surface area (Å²) in [4.78, 5) is 0. The van der Waals surface area contributed by atoms with Gasteiger partial charge in [0.05, 0.1) is 0 Å². The van der Waals surface area contributed by atoms with Gasteiger partial charge in [-0.2, -0.15) is 0 Å². The van der Waals surface area contributed by atoms with Crippen molar-refractivity contribution in [2.24, 2.45) is 5.50 Å². The van der Waals surface area contributed by atoms with E-state index in [1.807, 2.05) is 0 Å². The Bertz CT molecular complexity index is 206. The summed E-state index contributed by atoms with van der Waals surface area (Å²) >= 11 is 0. The molecule has 0 aromatic rings. The smallest absolute Gasteiger partial charge is 0.316 e. The summed E-state index contributed by atoms with van der Waals surface area (Å²) in [6, 6.07) is 0. The van der Waals surface area contributed by atoms with Gasteiger partial charge in [0.2, 0.25) is 0 Å². The van der Waals surface area contributed by atoms with E-state index in [0.29, 0.717) is 0 Å². The Kier molecular flexibility index (Phi) is 3.65. The molecule has 3 N–H and O–H groups in total. The van der Waals surface area contributed by atoms with Crippen LogP contribution in [-0.4, -0.2) is 4.67 Å². The average molecular weight is 173 g/mol. The molecule has 0 heterocycles. The normalized spacial score (nSPS) is 14.3. The second-order valence-corrected chi connectivity index (χ2v) is 3.67. The summed E-state index contributed by atoms with van der Waals surface area (Å²) in [6.07, 6.45) is 3.91. The van der Waals surface area contributed by atoms with E-state index in [0.717, 1.165) is 0 Å². The van der Waals surface area contributed by atoms with Crippen molar-refractivity contribution in [1.82, 2.24) is 9.76 Å². The van der Waals surface area contributed by atoms with E-state index in [-0.39, 0.29) is 0 Å². The second kappa shape index (κ2) is 4.01. The highest BCUT2D eigenvalue weighted by Crippen LogP contribution is 2.36. The van der Waals surface area contributed by atoms with Gasteiger partial charge in [-0.05, 0) is 6.20 Å². The molecule has 5 heteroatoms. The average Bonchev–Trinajstić information content (AvgIpc) is 1.89. The molecule has 1 unspecified atom stereocenters. The number of nitrogens with zero attached hydrogens (tertiary/aromatic N) is 1. The van der Waals surface area contributed by atoms with Crippen molar-refractivity contribution in [2.45, 2.75) is 0 Å². The van der Waals surface area contributed by atoms with Crippen LogP contribution >= 0.6 is 7.59 Å². The first-order valence-corrected chi connectivity index (χ1v) is 4.62. The van der Waals surface area contributed by atoms with Crippen LogP contribution in [0.15, 0.2) is 38.3 Å². The lowest BCUT2D eigenvalue weighted by molar-refractivity contribution is 0.537. The highest BCUT2D eigenvalue weighted by molar-refractivity contribution is 7.57. The minimum Gasteiger partial charge on any atom is -0.316 e. The van der Waals surface area contributed by atoms with E-state index >= 15 is 0 Å². The van der Waals surface area contributed by atoms with Gasteiger partial charge in [-0.25, -0.2) is 5.50 Å². The Morgan fingerprint density at radius 3 is 2.09 bits per heavy atom. The van der Waals surface area contributed by atoms with Gasteiger partial charge in [0.25, 0.3) is 0 Å². The first kappa shape index (κ1) is 10.0. The molecule has 0 saturated carbocycles. The number of hydrogen-bond acceptors (Lipinski definition) is 1. The van der Waals surface area contributed by atoms with Gasteiger partial charge >= 0.3 is 7.59 Å². The number of rotatable bonds is 5. The van der Waals surface area contributed by atoms with Crippen LogP contribution in [0.4, 0.5) is 0 Å². The molecule has 0 spiro atoms. The zero-order chi connectivity index (χ0) is 8.91. The van der Waals surface area contributed by atoms with Crippen molar-refractivity contribution in [3.05, 3.63) is 38.3 Å². The van der Waals surface area contributed by atoms with Gasteiger partial charge in [-0.3, -0.25) is 9.24 Å². The van der Waals surface area contributed by atoms with Crippen LogP contribution < -0.4 is 10.6 Å². The molecule has 0 rings (SSSR count). The van der Waals surface area contributed by atoms with Crippen LogP contribution in [0.25, 0.3) is 0 Å². The molecule has 0 fully saturated rings. The third-order valence-electron chi connectivity index (χ3n) is 0.993. The predicted octanol–water partition coefficient (Wildman–Crippen LogP) is 1.38. The SMILES string of the molecule is C=CNP(N)(=O)N(C=C)C=C. The van der Waals surface area contributed by atoms with Gasteiger partial charge < -0.3 is 5.09 Å². The molecular formula is C6H12N3OP. The first-order valence-electron chi connectivity index (χ1n) is 2.89. The first-order chi connectivity index (χ1) is 5.08. The molecule has 62 valence electrons. The Morgan fingerprint density at radius 2 is 1.82 bits per heavy atom. The van der Waals surface area contributed by atoms with Crippen molar-refractivity contribution in [3.63, 3.8) is 0 Å². The minimum absolute atomic E-state index is 1.20. The van der Waals surface area contributed by atoms with Crippen LogP contribution in [0.3, 0.4) is 0 Å². The summed E-state index contributed by atoms with van der Waals surface area (Å²) in [5.74, 6) is 0. The molecule has 0 bridgehead atoms. The fourth-order valence-corrected chi connectivity index (χ4v) is 1.39. The van der Waals surface area contributed by atoms with Crippen LogP contribution in [0.2, 0.25) is 0 Å². The molecule has 0 saturated heterocycles.